The standard InChI is InChI=1S/C23H26N2S/c1-5-15(3)17-7-8-19-13-24-25(21(19)11-17)22-14-26-23-12-18(16(4)6-2)9-10-20(22)23/h7-16H,5-6H2,1-4H3. The Kier molecular flexibility index (Phi) is 4.58. The minimum atomic E-state index is 0.569. The van der Waals surface area contributed by atoms with Crippen molar-refractivity contribution in [1.82, 2.24) is 9.78 Å². The van der Waals surface area contributed by atoms with E-state index in [4.69, 9.17) is 5.10 Å². The van der Waals surface area contributed by atoms with Crippen LogP contribution in [0.1, 0.15) is 63.5 Å². The molecule has 3 heteroatoms. The molecular formula is C23H26N2S. The first-order chi connectivity index (χ1) is 12.6. The predicted octanol–water partition coefficient (Wildman–Crippen LogP) is 7.27. The number of thiophene rings is 1. The summed E-state index contributed by atoms with van der Waals surface area (Å²) >= 11 is 1.82. The Hall–Kier alpha value is -2.13. The van der Waals surface area contributed by atoms with E-state index in [9.17, 15) is 0 Å². The van der Waals surface area contributed by atoms with Crippen LogP contribution in [0, 0.1) is 0 Å². The second-order valence-corrected chi connectivity index (χ2v) is 8.28. The topological polar surface area (TPSA) is 17.8 Å². The molecule has 2 atom stereocenters. The molecule has 0 radical (unpaired) electrons. The van der Waals surface area contributed by atoms with Crippen molar-refractivity contribution < 1.29 is 0 Å². The van der Waals surface area contributed by atoms with Crippen LogP contribution in [-0.4, -0.2) is 9.78 Å². The highest BCUT2D eigenvalue weighted by atomic mass is 32.1. The molecule has 2 nitrogen and oxygen atoms in total. The Bertz CT molecular complexity index is 1060. The van der Waals surface area contributed by atoms with Gasteiger partial charge in [0.2, 0.25) is 0 Å². The van der Waals surface area contributed by atoms with Crippen LogP contribution >= 0.6 is 11.3 Å². The molecule has 0 saturated carbocycles. The number of aromatic nitrogens is 2. The van der Waals surface area contributed by atoms with Crippen LogP contribution in [-0.2, 0) is 0 Å². The van der Waals surface area contributed by atoms with Crippen molar-refractivity contribution in [1.29, 1.82) is 0 Å². The van der Waals surface area contributed by atoms with Gasteiger partial charge >= 0.3 is 0 Å². The van der Waals surface area contributed by atoms with Crippen molar-refractivity contribution in [2.75, 3.05) is 0 Å². The molecule has 0 fully saturated rings. The van der Waals surface area contributed by atoms with Gasteiger partial charge in [0.15, 0.2) is 0 Å². The smallest absolute Gasteiger partial charge is 0.0838 e. The third-order valence-electron chi connectivity index (χ3n) is 5.77. The lowest BCUT2D eigenvalue weighted by Crippen LogP contribution is -1.97. The van der Waals surface area contributed by atoms with Crippen LogP contribution < -0.4 is 0 Å². The Morgan fingerprint density at radius 2 is 1.65 bits per heavy atom. The molecule has 0 aliphatic carbocycles. The third kappa shape index (κ3) is 2.84. The van der Waals surface area contributed by atoms with E-state index in [2.05, 4.69) is 74.2 Å². The van der Waals surface area contributed by atoms with E-state index in [0.29, 0.717) is 11.8 Å². The van der Waals surface area contributed by atoms with Crippen molar-refractivity contribution in [3.63, 3.8) is 0 Å². The van der Waals surface area contributed by atoms with Crippen molar-refractivity contribution >= 4 is 32.3 Å². The van der Waals surface area contributed by atoms with Crippen molar-refractivity contribution in [2.45, 2.75) is 52.4 Å². The van der Waals surface area contributed by atoms with Crippen LogP contribution in [0.4, 0.5) is 0 Å². The summed E-state index contributed by atoms with van der Waals surface area (Å²) in [7, 11) is 0. The lowest BCUT2D eigenvalue weighted by atomic mass is 9.97. The van der Waals surface area contributed by atoms with Gasteiger partial charge in [0.1, 0.15) is 0 Å². The van der Waals surface area contributed by atoms with Crippen LogP contribution in [0.5, 0.6) is 0 Å². The second-order valence-electron chi connectivity index (χ2n) is 7.37. The first-order valence-corrected chi connectivity index (χ1v) is 10.5. The Balaban J connectivity index is 1.84. The molecule has 0 spiro atoms. The van der Waals surface area contributed by atoms with Gasteiger partial charge in [0.25, 0.3) is 0 Å². The van der Waals surface area contributed by atoms with Crippen LogP contribution in [0.2, 0.25) is 0 Å². The highest BCUT2D eigenvalue weighted by Gasteiger charge is 2.13. The summed E-state index contributed by atoms with van der Waals surface area (Å²) in [4.78, 5) is 0. The number of rotatable bonds is 5. The monoisotopic (exact) mass is 362 g/mol. The zero-order valence-corrected chi connectivity index (χ0v) is 16.8. The molecule has 2 aromatic heterocycles. The maximum atomic E-state index is 4.71. The molecule has 134 valence electrons. The maximum absolute atomic E-state index is 4.71. The molecular weight excluding hydrogens is 336 g/mol. The van der Waals surface area contributed by atoms with Crippen LogP contribution in [0.15, 0.2) is 48.0 Å². The first-order valence-electron chi connectivity index (χ1n) is 9.61. The van der Waals surface area contributed by atoms with E-state index in [1.54, 1.807) is 0 Å². The van der Waals surface area contributed by atoms with Gasteiger partial charge in [0, 0.05) is 20.9 Å². The van der Waals surface area contributed by atoms with Gasteiger partial charge in [-0.1, -0.05) is 52.0 Å². The van der Waals surface area contributed by atoms with Crippen molar-refractivity contribution in [3.05, 3.63) is 59.1 Å². The fraction of sp³-hybridized carbons (Fsp3) is 0.348. The minimum absolute atomic E-state index is 0.569. The molecule has 2 unspecified atom stereocenters. The molecule has 2 aromatic carbocycles. The molecule has 0 aliphatic heterocycles. The Labute approximate surface area is 159 Å². The lowest BCUT2D eigenvalue weighted by molar-refractivity contribution is 0.734. The van der Waals surface area contributed by atoms with Crippen molar-refractivity contribution in [3.8, 4) is 5.69 Å². The van der Waals surface area contributed by atoms with Crippen LogP contribution in [0.3, 0.4) is 0 Å². The summed E-state index contributed by atoms with van der Waals surface area (Å²) in [5.74, 6) is 1.17. The molecule has 2 heterocycles. The summed E-state index contributed by atoms with van der Waals surface area (Å²) in [6.45, 7) is 9.08. The summed E-state index contributed by atoms with van der Waals surface area (Å²) in [5, 5.41) is 9.45. The first kappa shape index (κ1) is 17.3. The largest absolute Gasteiger partial charge is 0.232 e. The molecule has 4 rings (SSSR count). The lowest BCUT2D eigenvalue weighted by Gasteiger charge is -2.10. The van der Waals surface area contributed by atoms with E-state index in [0.717, 1.165) is 6.42 Å². The van der Waals surface area contributed by atoms with Gasteiger partial charge in [-0.25, -0.2) is 4.68 Å². The minimum Gasteiger partial charge on any atom is -0.232 e. The molecule has 0 N–H and O–H groups in total. The maximum Gasteiger partial charge on any atom is 0.0838 e. The number of hydrogen-bond donors (Lipinski definition) is 0. The average Bonchev–Trinajstić information content (AvgIpc) is 3.29. The predicted molar refractivity (Wildman–Crippen MR) is 114 cm³/mol. The van der Waals surface area contributed by atoms with E-state index < -0.39 is 0 Å². The molecule has 0 aliphatic rings. The van der Waals surface area contributed by atoms with E-state index in [1.165, 1.54) is 44.2 Å². The fourth-order valence-electron chi connectivity index (χ4n) is 3.51. The van der Waals surface area contributed by atoms with E-state index >= 15 is 0 Å². The highest BCUT2D eigenvalue weighted by molar-refractivity contribution is 7.17. The normalized spacial score (nSPS) is 14.2. The third-order valence-corrected chi connectivity index (χ3v) is 6.70. The summed E-state index contributed by atoms with van der Waals surface area (Å²) in [5.41, 5.74) is 5.21. The Morgan fingerprint density at radius 1 is 0.962 bits per heavy atom. The Morgan fingerprint density at radius 3 is 2.38 bits per heavy atom. The number of fused-ring (bicyclic) bond motifs is 2. The number of nitrogens with zero attached hydrogens (tertiary/aromatic N) is 2. The molecule has 26 heavy (non-hydrogen) atoms. The number of benzene rings is 2. The highest BCUT2D eigenvalue weighted by Crippen LogP contribution is 2.34. The average molecular weight is 363 g/mol. The SMILES string of the molecule is CCC(C)c1ccc2c(-n3ncc4ccc(C(C)CC)cc43)csc2c1. The fourth-order valence-corrected chi connectivity index (χ4v) is 4.48. The van der Waals surface area contributed by atoms with Gasteiger partial charge in [-0.15, -0.1) is 11.3 Å². The van der Waals surface area contributed by atoms with Gasteiger partial charge in [-0.3, -0.25) is 0 Å². The molecule has 4 aromatic rings. The molecule has 0 amide bonds. The van der Waals surface area contributed by atoms with Gasteiger partial charge in [-0.05, 0) is 47.9 Å². The molecule has 0 bridgehead atoms. The van der Waals surface area contributed by atoms with Gasteiger partial charge < -0.3 is 0 Å². The molecule has 0 saturated heterocycles. The summed E-state index contributed by atoms with van der Waals surface area (Å²) < 4.78 is 3.46. The zero-order chi connectivity index (χ0) is 18.3. The van der Waals surface area contributed by atoms with Crippen LogP contribution in [0.25, 0.3) is 26.7 Å². The second kappa shape index (κ2) is 6.88. The quantitative estimate of drug-likeness (QED) is 0.365. The van der Waals surface area contributed by atoms with E-state index in [-0.39, 0.29) is 0 Å². The van der Waals surface area contributed by atoms with Gasteiger partial charge in [-0.2, -0.15) is 5.10 Å². The van der Waals surface area contributed by atoms with Gasteiger partial charge in [0.05, 0.1) is 17.4 Å². The van der Waals surface area contributed by atoms with Crippen molar-refractivity contribution in [2.24, 2.45) is 0 Å². The number of hydrogen-bond acceptors (Lipinski definition) is 2. The zero-order valence-electron chi connectivity index (χ0n) is 16.0. The summed E-state index contributed by atoms with van der Waals surface area (Å²) in [6.07, 6.45) is 4.30. The summed E-state index contributed by atoms with van der Waals surface area (Å²) in [6, 6.07) is 13.7. The van der Waals surface area contributed by atoms with E-state index in [1.807, 2.05) is 17.5 Å².